The topological polar surface area (TPSA) is 55.4 Å². The van der Waals surface area contributed by atoms with Crippen molar-refractivity contribution >= 4 is 17.6 Å². The minimum atomic E-state index is -1.02. The summed E-state index contributed by atoms with van der Waals surface area (Å²) in [5.74, 6) is -1.67. The highest BCUT2D eigenvalue weighted by Gasteiger charge is 2.21. The Hall–Kier alpha value is -2.69. The van der Waals surface area contributed by atoms with E-state index in [0.717, 1.165) is 24.8 Å². The Balaban J connectivity index is 1.63. The number of anilines is 1. The molecule has 0 aliphatic heterocycles. The number of para-hydroxylation sites is 1. The van der Waals surface area contributed by atoms with Gasteiger partial charge in [0.15, 0.2) is 6.10 Å². The number of aryl methyl sites for hydroxylation is 2. The minimum absolute atomic E-state index is 0.0583. The lowest BCUT2D eigenvalue weighted by Crippen LogP contribution is -2.30. The molecule has 1 aliphatic carbocycles. The maximum Gasteiger partial charge on any atom is 0.338 e. The lowest BCUT2D eigenvalue weighted by Gasteiger charge is -2.14. The third-order valence-corrected chi connectivity index (χ3v) is 4.12. The predicted molar refractivity (Wildman–Crippen MR) is 88.4 cm³/mol. The molecule has 0 spiro atoms. The number of hydrogen-bond donors (Lipinski definition) is 1. The van der Waals surface area contributed by atoms with Crippen LogP contribution in [0.4, 0.5) is 10.1 Å². The quantitative estimate of drug-likeness (QED) is 0.875. The van der Waals surface area contributed by atoms with E-state index >= 15 is 0 Å². The second kappa shape index (κ2) is 6.83. The zero-order valence-electron chi connectivity index (χ0n) is 13.3. The second-order valence-electron chi connectivity index (χ2n) is 5.85. The third-order valence-electron chi connectivity index (χ3n) is 4.12. The molecule has 0 fully saturated rings. The fourth-order valence-corrected chi connectivity index (χ4v) is 2.78. The molecule has 0 saturated heterocycles. The van der Waals surface area contributed by atoms with Gasteiger partial charge in [-0.25, -0.2) is 9.18 Å². The highest BCUT2D eigenvalue weighted by molar-refractivity contribution is 5.97. The van der Waals surface area contributed by atoms with Gasteiger partial charge in [-0.05, 0) is 61.6 Å². The van der Waals surface area contributed by atoms with E-state index < -0.39 is 23.8 Å². The molecule has 1 aliphatic rings. The van der Waals surface area contributed by atoms with E-state index in [0.29, 0.717) is 5.56 Å². The van der Waals surface area contributed by atoms with E-state index in [4.69, 9.17) is 4.74 Å². The number of esters is 1. The molecule has 0 heterocycles. The van der Waals surface area contributed by atoms with E-state index in [1.807, 2.05) is 12.1 Å². The van der Waals surface area contributed by atoms with Crippen molar-refractivity contribution in [3.05, 3.63) is 65.0 Å². The molecule has 0 bridgehead atoms. The first kappa shape index (κ1) is 16.2. The molecule has 3 rings (SSSR count). The van der Waals surface area contributed by atoms with Crippen LogP contribution in [0.2, 0.25) is 0 Å². The highest BCUT2D eigenvalue weighted by atomic mass is 19.1. The first-order valence-corrected chi connectivity index (χ1v) is 7.93. The number of carbonyl (C=O) groups excluding carboxylic acids is 2. The van der Waals surface area contributed by atoms with E-state index in [9.17, 15) is 14.0 Å². The number of fused-ring (bicyclic) bond motifs is 1. The normalized spacial score (nSPS) is 13.9. The SMILES string of the molecule is C[C@H](OC(=O)c1ccc2c(c1)CCC2)C(=O)Nc1ccccc1F. The van der Waals surface area contributed by atoms with Crippen molar-refractivity contribution in [1.82, 2.24) is 0 Å². The molecule has 1 amide bonds. The van der Waals surface area contributed by atoms with E-state index in [2.05, 4.69) is 5.32 Å². The van der Waals surface area contributed by atoms with Crippen LogP contribution in [-0.2, 0) is 22.4 Å². The molecule has 1 N–H and O–H groups in total. The maximum atomic E-state index is 13.5. The Bertz CT molecular complexity index is 788. The Labute approximate surface area is 139 Å². The fraction of sp³-hybridized carbons (Fsp3) is 0.263. The fourth-order valence-electron chi connectivity index (χ4n) is 2.78. The van der Waals surface area contributed by atoms with Crippen molar-refractivity contribution in [3.63, 3.8) is 0 Å². The average Bonchev–Trinajstić information content (AvgIpc) is 3.04. The molecule has 4 nitrogen and oxygen atoms in total. The van der Waals surface area contributed by atoms with Crippen LogP contribution in [0.15, 0.2) is 42.5 Å². The number of benzene rings is 2. The molecule has 2 aromatic carbocycles. The van der Waals surface area contributed by atoms with E-state index in [1.165, 1.54) is 30.7 Å². The Kier molecular flexibility index (Phi) is 4.60. The zero-order chi connectivity index (χ0) is 17.1. The number of ether oxygens (including phenoxy) is 1. The number of halogens is 1. The molecule has 5 heteroatoms. The predicted octanol–water partition coefficient (Wildman–Crippen LogP) is 3.50. The smallest absolute Gasteiger partial charge is 0.338 e. The Morgan fingerprint density at radius 1 is 1.12 bits per heavy atom. The molecule has 0 saturated carbocycles. The largest absolute Gasteiger partial charge is 0.449 e. The summed E-state index contributed by atoms with van der Waals surface area (Å²) >= 11 is 0. The van der Waals surface area contributed by atoms with Crippen molar-refractivity contribution in [2.75, 3.05) is 5.32 Å². The summed E-state index contributed by atoms with van der Waals surface area (Å²) in [7, 11) is 0. The average molecular weight is 327 g/mol. The molecule has 0 radical (unpaired) electrons. The van der Waals surface area contributed by atoms with Gasteiger partial charge in [0.2, 0.25) is 0 Å². The number of carbonyl (C=O) groups is 2. The maximum absolute atomic E-state index is 13.5. The van der Waals surface area contributed by atoms with Crippen LogP contribution in [0.3, 0.4) is 0 Å². The van der Waals surface area contributed by atoms with Gasteiger partial charge < -0.3 is 10.1 Å². The monoisotopic (exact) mass is 327 g/mol. The van der Waals surface area contributed by atoms with Gasteiger partial charge in [-0.3, -0.25) is 4.79 Å². The van der Waals surface area contributed by atoms with Crippen LogP contribution in [0, 0.1) is 5.82 Å². The molecule has 24 heavy (non-hydrogen) atoms. The van der Waals surface area contributed by atoms with Gasteiger partial charge in [0.1, 0.15) is 5.82 Å². The van der Waals surface area contributed by atoms with Gasteiger partial charge in [0.25, 0.3) is 5.91 Å². The number of rotatable bonds is 4. The summed E-state index contributed by atoms with van der Waals surface area (Å²) in [6, 6.07) is 11.3. The summed E-state index contributed by atoms with van der Waals surface area (Å²) in [4.78, 5) is 24.3. The summed E-state index contributed by atoms with van der Waals surface area (Å²) in [6.45, 7) is 1.46. The lowest BCUT2D eigenvalue weighted by molar-refractivity contribution is -0.123. The van der Waals surface area contributed by atoms with Gasteiger partial charge in [-0.15, -0.1) is 0 Å². The summed E-state index contributed by atoms with van der Waals surface area (Å²) in [5.41, 5.74) is 2.91. The van der Waals surface area contributed by atoms with Gasteiger partial charge in [0.05, 0.1) is 11.3 Å². The summed E-state index contributed by atoms with van der Waals surface area (Å²) in [6.07, 6.45) is 2.06. The number of nitrogens with one attached hydrogen (secondary N) is 1. The Morgan fingerprint density at radius 3 is 2.67 bits per heavy atom. The third kappa shape index (κ3) is 3.45. The first-order valence-electron chi connectivity index (χ1n) is 7.93. The standard InChI is InChI=1S/C19H18FNO3/c1-12(18(22)21-17-8-3-2-7-16(17)20)24-19(23)15-10-9-13-5-4-6-14(13)11-15/h2-3,7-12H,4-6H2,1H3,(H,21,22)/t12-/m0/s1. The van der Waals surface area contributed by atoms with Crippen LogP contribution in [0.5, 0.6) is 0 Å². The number of hydrogen-bond acceptors (Lipinski definition) is 3. The van der Waals surface area contributed by atoms with Crippen molar-refractivity contribution in [2.24, 2.45) is 0 Å². The van der Waals surface area contributed by atoms with Crippen LogP contribution in [-0.4, -0.2) is 18.0 Å². The van der Waals surface area contributed by atoms with Gasteiger partial charge >= 0.3 is 5.97 Å². The first-order chi connectivity index (χ1) is 11.5. The molecule has 0 unspecified atom stereocenters. The van der Waals surface area contributed by atoms with Crippen LogP contribution >= 0.6 is 0 Å². The van der Waals surface area contributed by atoms with Gasteiger partial charge in [-0.2, -0.15) is 0 Å². The Morgan fingerprint density at radius 2 is 1.88 bits per heavy atom. The molecule has 1 atom stereocenters. The molecule has 0 aromatic heterocycles. The van der Waals surface area contributed by atoms with E-state index in [1.54, 1.807) is 12.1 Å². The van der Waals surface area contributed by atoms with Gasteiger partial charge in [-0.1, -0.05) is 18.2 Å². The summed E-state index contributed by atoms with van der Waals surface area (Å²) < 4.78 is 18.7. The van der Waals surface area contributed by atoms with Crippen LogP contribution in [0.1, 0.15) is 34.8 Å². The van der Waals surface area contributed by atoms with Crippen molar-refractivity contribution in [2.45, 2.75) is 32.3 Å². The molecular formula is C19H18FNO3. The van der Waals surface area contributed by atoms with Crippen molar-refractivity contribution in [3.8, 4) is 0 Å². The van der Waals surface area contributed by atoms with Crippen molar-refractivity contribution in [1.29, 1.82) is 0 Å². The number of amides is 1. The minimum Gasteiger partial charge on any atom is -0.449 e. The summed E-state index contributed by atoms with van der Waals surface area (Å²) in [5, 5.41) is 2.42. The molecule has 2 aromatic rings. The van der Waals surface area contributed by atoms with Crippen LogP contribution < -0.4 is 5.32 Å². The van der Waals surface area contributed by atoms with Gasteiger partial charge in [0, 0.05) is 0 Å². The lowest BCUT2D eigenvalue weighted by atomic mass is 10.1. The van der Waals surface area contributed by atoms with Crippen LogP contribution in [0.25, 0.3) is 0 Å². The second-order valence-corrected chi connectivity index (χ2v) is 5.85. The zero-order valence-corrected chi connectivity index (χ0v) is 13.3. The molecular weight excluding hydrogens is 309 g/mol. The highest BCUT2D eigenvalue weighted by Crippen LogP contribution is 2.23. The molecule has 124 valence electrons. The van der Waals surface area contributed by atoms with E-state index in [-0.39, 0.29) is 5.69 Å². The van der Waals surface area contributed by atoms with Crippen molar-refractivity contribution < 1.29 is 18.7 Å².